The Hall–Kier alpha value is -2.54. The van der Waals surface area contributed by atoms with Gasteiger partial charge in [-0.25, -0.2) is 9.78 Å². The molecular formula is C22H30N4O3. The summed E-state index contributed by atoms with van der Waals surface area (Å²) >= 11 is 0. The maximum atomic E-state index is 12.6. The van der Waals surface area contributed by atoms with Gasteiger partial charge in [-0.05, 0) is 56.4 Å². The molecule has 3 heterocycles. The molecule has 1 fully saturated rings. The first kappa shape index (κ1) is 19.8. The summed E-state index contributed by atoms with van der Waals surface area (Å²) in [7, 11) is 0. The van der Waals surface area contributed by atoms with E-state index in [1.165, 1.54) is 16.7 Å². The molecule has 4 rings (SSSR count). The van der Waals surface area contributed by atoms with Crippen molar-refractivity contribution in [2.75, 3.05) is 25.1 Å². The van der Waals surface area contributed by atoms with Crippen LogP contribution in [0, 0.1) is 0 Å². The van der Waals surface area contributed by atoms with Gasteiger partial charge in [-0.1, -0.05) is 6.07 Å². The van der Waals surface area contributed by atoms with E-state index in [0.717, 1.165) is 38.3 Å². The summed E-state index contributed by atoms with van der Waals surface area (Å²) in [6, 6.07) is 4.77. The highest BCUT2D eigenvalue weighted by atomic mass is 16.6. The molecule has 156 valence electrons. The number of fused-ring (bicyclic) bond motifs is 1. The SMILES string of the molecule is CC(C)(C)OC(=O)N1CCc2cc(Cn3ccnc3)cc(N[C@H]3CCOC3)c2C1. The second kappa shape index (κ2) is 8.06. The van der Waals surface area contributed by atoms with Crippen molar-refractivity contribution in [3.05, 3.63) is 47.5 Å². The number of nitrogens with one attached hydrogen (secondary N) is 1. The maximum Gasteiger partial charge on any atom is 0.410 e. The number of amides is 1. The maximum absolute atomic E-state index is 12.6. The van der Waals surface area contributed by atoms with Crippen molar-refractivity contribution in [2.24, 2.45) is 0 Å². The van der Waals surface area contributed by atoms with E-state index in [9.17, 15) is 4.79 Å². The van der Waals surface area contributed by atoms with Crippen LogP contribution in [0.15, 0.2) is 30.9 Å². The second-order valence-electron chi connectivity index (χ2n) is 8.87. The molecule has 1 N–H and O–H groups in total. The van der Waals surface area contributed by atoms with Crippen molar-refractivity contribution < 1.29 is 14.3 Å². The molecule has 0 spiro atoms. The Morgan fingerprint density at radius 2 is 2.24 bits per heavy atom. The molecule has 2 aliphatic rings. The minimum absolute atomic E-state index is 0.249. The van der Waals surface area contributed by atoms with Crippen LogP contribution >= 0.6 is 0 Å². The third-order valence-electron chi connectivity index (χ3n) is 5.27. The number of imidazole rings is 1. The van der Waals surface area contributed by atoms with E-state index in [-0.39, 0.29) is 6.09 Å². The molecule has 7 nitrogen and oxygen atoms in total. The molecule has 0 aliphatic carbocycles. The van der Waals surface area contributed by atoms with Crippen LogP contribution in [0.5, 0.6) is 0 Å². The van der Waals surface area contributed by atoms with Gasteiger partial charge in [-0.2, -0.15) is 0 Å². The number of rotatable bonds is 4. The van der Waals surface area contributed by atoms with E-state index < -0.39 is 5.60 Å². The summed E-state index contributed by atoms with van der Waals surface area (Å²) in [5.41, 5.74) is 4.32. The van der Waals surface area contributed by atoms with Gasteiger partial charge in [0.15, 0.2) is 0 Å². The van der Waals surface area contributed by atoms with Gasteiger partial charge in [0.25, 0.3) is 0 Å². The number of anilines is 1. The van der Waals surface area contributed by atoms with Crippen molar-refractivity contribution >= 4 is 11.8 Å². The molecule has 0 bridgehead atoms. The Morgan fingerprint density at radius 1 is 1.38 bits per heavy atom. The monoisotopic (exact) mass is 398 g/mol. The standard InChI is InChI=1S/C22H30N4O3/c1-22(2,3)29-21(27)26-7-4-17-10-16(12-25-8-6-23-15-25)11-20(19(17)13-26)24-18-5-9-28-14-18/h6,8,10-11,15,18,24H,4-5,7,9,12-14H2,1-3H3/t18-/m0/s1. The highest BCUT2D eigenvalue weighted by Gasteiger charge is 2.28. The molecule has 0 unspecified atom stereocenters. The van der Waals surface area contributed by atoms with Crippen LogP contribution in [0.3, 0.4) is 0 Å². The normalized spacial score (nSPS) is 19.1. The van der Waals surface area contributed by atoms with Gasteiger partial charge in [0.2, 0.25) is 0 Å². The number of hydrogen-bond acceptors (Lipinski definition) is 5. The zero-order valence-corrected chi connectivity index (χ0v) is 17.5. The molecular weight excluding hydrogens is 368 g/mol. The third kappa shape index (κ3) is 4.90. The number of carbonyl (C=O) groups is 1. The highest BCUT2D eigenvalue weighted by Crippen LogP contribution is 2.31. The van der Waals surface area contributed by atoms with Crippen molar-refractivity contribution in [2.45, 2.75) is 58.3 Å². The van der Waals surface area contributed by atoms with E-state index in [0.29, 0.717) is 19.1 Å². The first-order chi connectivity index (χ1) is 13.9. The second-order valence-corrected chi connectivity index (χ2v) is 8.87. The molecule has 1 aromatic carbocycles. The lowest BCUT2D eigenvalue weighted by molar-refractivity contribution is 0.0224. The summed E-state index contributed by atoms with van der Waals surface area (Å²) in [6.07, 6.45) is 7.18. The van der Waals surface area contributed by atoms with Gasteiger partial charge < -0.3 is 24.3 Å². The van der Waals surface area contributed by atoms with Crippen molar-refractivity contribution in [1.29, 1.82) is 0 Å². The van der Waals surface area contributed by atoms with Crippen molar-refractivity contribution in [1.82, 2.24) is 14.5 Å². The molecule has 7 heteroatoms. The molecule has 1 saturated heterocycles. The number of aromatic nitrogens is 2. The largest absolute Gasteiger partial charge is 0.444 e. The molecule has 2 aromatic rings. The summed E-state index contributed by atoms with van der Waals surface area (Å²) in [4.78, 5) is 18.6. The number of nitrogens with zero attached hydrogens (tertiary/aromatic N) is 3. The smallest absolute Gasteiger partial charge is 0.410 e. The molecule has 1 aromatic heterocycles. The minimum atomic E-state index is -0.492. The summed E-state index contributed by atoms with van der Waals surface area (Å²) in [5.74, 6) is 0. The van der Waals surface area contributed by atoms with Crippen LogP contribution < -0.4 is 5.32 Å². The highest BCUT2D eigenvalue weighted by molar-refractivity contribution is 5.70. The predicted molar refractivity (Wildman–Crippen MR) is 111 cm³/mol. The van der Waals surface area contributed by atoms with Gasteiger partial charge in [-0.3, -0.25) is 0 Å². The van der Waals surface area contributed by atoms with Crippen molar-refractivity contribution in [3.63, 3.8) is 0 Å². The lowest BCUT2D eigenvalue weighted by atomic mass is 9.94. The number of hydrogen-bond donors (Lipinski definition) is 1. The lowest BCUT2D eigenvalue weighted by Gasteiger charge is -2.33. The number of benzene rings is 1. The Morgan fingerprint density at radius 3 is 2.93 bits per heavy atom. The predicted octanol–water partition coefficient (Wildman–Crippen LogP) is 3.43. The summed E-state index contributed by atoms with van der Waals surface area (Å²) in [6.45, 7) is 9.22. The lowest BCUT2D eigenvalue weighted by Crippen LogP contribution is -2.40. The van der Waals surface area contributed by atoms with E-state index >= 15 is 0 Å². The number of ether oxygens (including phenoxy) is 2. The average Bonchev–Trinajstić information content (AvgIpc) is 3.34. The molecule has 0 radical (unpaired) electrons. The van der Waals surface area contributed by atoms with Crippen molar-refractivity contribution in [3.8, 4) is 0 Å². The summed E-state index contributed by atoms with van der Waals surface area (Å²) < 4.78 is 13.2. The number of carbonyl (C=O) groups excluding carboxylic acids is 1. The Labute approximate surface area is 172 Å². The van der Waals surface area contributed by atoms with Crippen LogP contribution in [0.2, 0.25) is 0 Å². The van der Waals surface area contributed by atoms with Crippen LogP contribution in [0.1, 0.15) is 43.9 Å². The molecule has 2 aliphatic heterocycles. The van der Waals surface area contributed by atoms with E-state index in [1.807, 2.05) is 33.3 Å². The van der Waals surface area contributed by atoms with Gasteiger partial charge in [-0.15, -0.1) is 0 Å². The fraction of sp³-hybridized carbons (Fsp3) is 0.545. The van der Waals surface area contributed by atoms with Gasteiger partial charge >= 0.3 is 6.09 Å². The molecule has 29 heavy (non-hydrogen) atoms. The first-order valence-electron chi connectivity index (χ1n) is 10.3. The topological polar surface area (TPSA) is 68.6 Å². The van der Waals surface area contributed by atoms with Crippen LogP contribution in [0.25, 0.3) is 0 Å². The Kier molecular flexibility index (Phi) is 5.50. The average molecular weight is 399 g/mol. The zero-order chi connectivity index (χ0) is 20.4. The Bertz CT molecular complexity index is 852. The fourth-order valence-corrected chi connectivity index (χ4v) is 3.89. The van der Waals surface area contributed by atoms with Crippen LogP contribution in [-0.2, 0) is 29.0 Å². The van der Waals surface area contributed by atoms with Crippen LogP contribution in [-0.4, -0.2) is 51.9 Å². The van der Waals surface area contributed by atoms with Gasteiger partial charge in [0.1, 0.15) is 5.60 Å². The first-order valence-corrected chi connectivity index (χ1v) is 10.3. The summed E-state index contributed by atoms with van der Waals surface area (Å²) in [5, 5.41) is 3.67. The van der Waals surface area contributed by atoms with Crippen LogP contribution in [0.4, 0.5) is 10.5 Å². The van der Waals surface area contributed by atoms with E-state index in [1.54, 1.807) is 11.1 Å². The quantitative estimate of drug-likeness (QED) is 0.855. The van der Waals surface area contributed by atoms with Gasteiger partial charge in [0.05, 0.1) is 25.5 Å². The fourth-order valence-electron chi connectivity index (χ4n) is 3.89. The third-order valence-corrected chi connectivity index (χ3v) is 5.27. The van der Waals surface area contributed by atoms with Gasteiger partial charge in [0, 0.05) is 37.8 Å². The molecule has 1 atom stereocenters. The van der Waals surface area contributed by atoms with E-state index in [4.69, 9.17) is 9.47 Å². The minimum Gasteiger partial charge on any atom is -0.444 e. The Balaban J connectivity index is 1.59. The zero-order valence-electron chi connectivity index (χ0n) is 17.5. The molecule has 0 saturated carbocycles. The van der Waals surface area contributed by atoms with E-state index in [2.05, 4.69) is 27.0 Å². The molecule has 1 amide bonds.